The summed E-state index contributed by atoms with van der Waals surface area (Å²) in [7, 11) is 0. The van der Waals surface area contributed by atoms with Crippen LogP contribution in [0.2, 0.25) is 0 Å². The number of nitrogens with two attached hydrogens (primary N) is 1. The first-order valence-electron chi connectivity index (χ1n) is 6.48. The van der Waals surface area contributed by atoms with E-state index in [2.05, 4.69) is 9.97 Å². The van der Waals surface area contributed by atoms with Crippen molar-refractivity contribution in [3.05, 3.63) is 12.5 Å². The summed E-state index contributed by atoms with van der Waals surface area (Å²) in [5, 5.41) is 19.9. The van der Waals surface area contributed by atoms with Crippen LogP contribution in [0, 0.1) is 0 Å². The number of carboxylic acids is 1. The lowest BCUT2D eigenvalue weighted by Crippen LogP contribution is -2.55. The van der Waals surface area contributed by atoms with Crippen molar-refractivity contribution in [3.8, 4) is 0 Å². The van der Waals surface area contributed by atoms with Crippen LogP contribution in [-0.2, 0) is 19.2 Å². The van der Waals surface area contributed by atoms with Gasteiger partial charge in [0.15, 0.2) is 0 Å². The first-order valence-corrected chi connectivity index (χ1v) is 6.48. The summed E-state index contributed by atoms with van der Waals surface area (Å²) in [5.41, 5.74) is 5.10. The van der Waals surface area contributed by atoms with Crippen molar-refractivity contribution in [3.63, 3.8) is 0 Å². The number of aliphatic carboxylic acids is 1. The maximum Gasteiger partial charge on any atom is 0.328 e. The molecule has 6 N–H and O–H groups in total. The number of hydrogen-bond acceptors (Lipinski definition) is 6. The van der Waals surface area contributed by atoms with E-state index in [0.29, 0.717) is 0 Å². The third kappa shape index (κ3) is 4.78. The van der Waals surface area contributed by atoms with Crippen molar-refractivity contribution in [1.82, 2.24) is 15.3 Å². The molecule has 0 unspecified atom stereocenters. The summed E-state index contributed by atoms with van der Waals surface area (Å²) in [5.74, 6) is -3.74. The van der Waals surface area contributed by atoms with Crippen LogP contribution in [0.3, 0.4) is 0 Å². The summed E-state index contributed by atoms with van der Waals surface area (Å²) in [6, 6.07) is -2.97. The molecular weight excluding hydrogens is 310 g/mol. The molecule has 0 fully saturated rings. The molecular formula is C12H17N5O6. The highest BCUT2D eigenvalue weighted by atomic mass is 16.4. The van der Waals surface area contributed by atoms with Gasteiger partial charge in [0.05, 0.1) is 25.6 Å². The average Bonchev–Trinajstić information content (AvgIpc) is 2.96. The molecule has 0 aromatic carbocycles. The van der Waals surface area contributed by atoms with Gasteiger partial charge in [-0.15, -0.1) is 0 Å². The van der Waals surface area contributed by atoms with Crippen molar-refractivity contribution < 1.29 is 29.4 Å². The molecule has 1 heterocycles. The third-order valence-corrected chi connectivity index (χ3v) is 2.89. The number of nitrogens with zero attached hydrogens (tertiary/aromatic N) is 2. The number of carboxylic acid groups (broad SMARTS) is 1. The highest BCUT2D eigenvalue weighted by molar-refractivity contribution is 6.01. The number of aromatic nitrogens is 2. The summed E-state index contributed by atoms with van der Waals surface area (Å²) in [4.78, 5) is 53.5. The number of H-pyrrole nitrogens is 1. The number of imidazole rings is 1. The van der Waals surface area contributed by atoms with Crippen LogP contribution in [0.5, 0.6) is 0 Å². The van der Waals surface area contributed by atoms with Crippen LogP contribution in [0.1, 0.15) is 13.3 Å². The van der Waals surface area contributed by atoms with E-state index in [0.717, 1.165) is 11.8 Å². The third-order valence-electron chi connectivity index (χ3n) is 2.89. The number of aliphatic hydroxyl groups excluding tert-OH is 1. The monoisotopic (exact) mass is 327 g/mol. The molecule has 0 saturated carbocycles. The van der Waals surface area contributed by atoms with Crippen molar-refractivity contribution in [2.75, 3.05) is 11.5 Å². The van der Waals surface area contributed by atoms with Crippen LogP contribution < -0.4 is 16.0 Å². The zero-order valence-electron chi connectivity index (χ0n) is 12.2. The first-order chi connectivity index (χ1) is 10.8. The number of hydrogen-bond donors (Lipinski definition) is 5. The Morgan fingerprint density at radius 2 is 2.09 bits per heavy atom. The number of rotatable bonds is 8. The van der Waals surface area contributed by atoms with Gasteiger partial charge in [-0.25, -0.2) is 9.78 Å². The summed E-state index contributed by atoms with van der Waals surface area (Å²) >= 11 is 0. The molecule has 11 nitrogen and oxygen atoms in total. The minimum absolute atomic E-state index is 0.134. The maximum absolute atomic E-state index is 12.3. The van der Waals surface area contributed by atoms with Gasteiger partial charge in [0.2, 0.25) is 17.7 Å². The molecule has 0 saturated heterocycles. The number of carbonyl (C=O) groups is 4. The van der Waals surface area contributed by atoms with Crippen molar-refractivity contribution in [2.45, 2.75) is 25.4 Å². The number of aromatic amines is 1. The molecule has 0 aliphatic heterocycles. The molecule has 0 aliphatic rings. The number of nitrogens with one attached hydrogen (secondary N) is 2. The van der Waals surface area contributed by atoms with Gasteiger partial charge in [-0.05, 0) is 0 Å². The molecule has 3 amide bonds. The van der Waals surface area contributed by atoms with E-state index in [1.54, 1.807) is 0 Å². The zero-order chi connectivity index (χ0) is 17.6. The molecule has 1 aromatic rings. The van der Waals surface area contributed by atoms with Crippen molar-refractivity contribution in [1.29, 1.82) is 0 Å². The Morgan fingerprint density at radius 1 is 1.43 bits per heavy atom. The second-order valence-electron chi connectivity index (χ2n) is 4.59. The van der Waals surface area contributed by atoms with Crippen LogP contribution in [-0.4, -0.2) is 62.6 Å². The molecule has 0 bridgehead atoms. The SMILES string of the molecule is CC(=O)N(c1cnc[nH]1)[C@@H](CC(N)=O)C(=O)N[C@@H](CO)C(=O)O. The van der Waals surface area contributed by atoms with Crippen molar-refractivity contribution in [2.24, 2.45) is 5.73 Å². The van der Waals surface area contributed by atoms with Gasteiger partial charge in [-0.2, -0.15) is 0 Å². The van der Waals surface area contributed by atoms with E-state index >= 15 is 0 Å². The van der Waals surface area contributed by atoms with E-state index < -0.39 is 48.8 Å². The van der Waals surface area contributed by atoms with E-state index in [1.807, 2.05) is 5.32 Å². The van der Waals surface area contributed by atoms with Crippen LogP contribution in [0.4, 0.5) is 5.82 Å². The standard InChI is InChI=1S/C12H17N5O6/c1-6(19)17(10-3-14-5-15-10)8(2-9(13)20)11(21)16-7(4-18)12(22)23/h3,5,7-8,18H,2,4H2,1H3,(H2,13,20)(H,14,15)(H,16,21)(H,22,23)/t7-,8-/m0/s1. The summed E-state index contributed by atoms with van der Waals surface area (Å²) in [6.45, 7) is 0.303. The zero-order valence-corrected chi connectivity index (χ0v) is 12.2. The Bertz CT molecular complexity index is 587. The normalized spacial score (nSPS) is 13.0. The predicted octanol–water partition coefficient (Wildman–Crippen LogP) is -2.43. The van der Waals surface area contributed by atoms with E-state index in [-0.39, 0.29) is 5.82 Å². The van der Waals surface area contributed by atoms with E-state index in [4.69, 9.17) is 15.9 Å². The quantitative estimate of drug-likeness (QED) is 0.352. The lowest BCUT2D eigenvalue weighted by atomic mass is 10.1. The Labute approximate surface area is 130 Å². The Balaban J connectivity index is 3.11. The first kappa shape index (κ1) is 18.1. The molecule has 126 valence electrons. The van der Waals surface area contributed by atoms with Crippen LogP contribution in [0.15, 0.2) is 12.5 Å². The summed E-state index contributed by atoms with van der Waals surface area (Å²) in [6.07, 6.45) is 1.98. The molecule has 2 atom stereocenters. The second-order valence-corrected chi connectivity index (χ2v) is 4.59. The average molecular weight is 327 g/mol. The highest BCUT2D eigenvalue weighted by Crippen LogP contribution is 2.16. The molecule has 1 rings (SSSR count). The van der Waals surface area contributed by atoms with Gasteiger partial charge >= 0.3 is 5.97 Å². The molecule has 1 aromatic heterocycles. The van der Waals surface area contributed by atoms with E-state index in [9.17, 15) is 19.2 Å². The lowest BCUT2D eigenvalue weighted by molar-refractivity contribution is -0.143. The number of amides is 3. The van der Waals surface area contributed by atoms with Gasteiger partial charge in [0, 0.05) is 6.92 Å². The van der Waals surface area contributed by atoms with Gasteiger partial charge in [-0.3, -0.25) is 19.3 Å². The number of carbonyl (C=O) groups excluding carboxylic acids is 3. The molecule has 11 heteroatoms. The van der Waals surface area contributed by atoms with Gasteiger partial charge in [0.25, 0.3) is 0 Å². The van der Waals surface area contributed by atoms with Crippen LogP contribution in [0.25, 0.3) is 0 Å². The number of anilines is 1. The fourth-order valence-corrected chi connectivity index (χ4v) is 1.88. The van der Waals surface area contributed by atoms with Gasteiger partial charge < -0.3 is 26.2 Å². The fraction of sp³-hybridized carbons (Fsp3) is 0.417. The second kappa shape index (κ2) is 7.89. The maximum atomic E-state index is 12.3. The predicted molar refractivity (Wildman–Crippen MR) is 76.0 cm³/mol. The minimum atomic E-state index is -1.58. The number of primary amides is 1. The Morgan fingerprint density at radius 3 is 2.48 bits per heavy atom. The lowest BCUT2D eigenvalue weighted by Gasteiger charge is -2.28. The van der Waals surface area contributed by atoms with Crippen molar-refractivity contribution >= 4 is 29.5 Å². The molecule has 0 aliphatic carbocycles. The smallest absolute Gasteiger partial charge is 0.328 e. The van der Waals surface area contributed by atoms with Gasteiger partial charge in [-0.1, -0.05) is 0 Å². The Hall–Kier alpha value is -2.95. The van der Waals surface area contributed by atoms with E-state index in [1.165, 1.54) is 12.5 Å². The minimum Gasteiger partial charge on any atom is -0.480 e. The number of aliphatic hydroxyl groups is 1. The highest BCUT2D eigenvalue weighted by Gasteiger charge is 2.33. The molecule has 23 heavy (non-hydrogen) atoms. The molecule has 0 spiro atoms. The fourth-order valence-electron chi connectivity index (χ4n) is 1.88. The molecule has 0 radical (unpaired) electrons. The van der Waals surface area contributed by atoms with Crippen LogP contribution >= 0.6 is 0 Å². The van der Waals surface area contributed by atoms with Gasteiger partial charge in [0.1, 0.15) is 17.9 Å². The Kier molecular flexibility index (Phi) is 6.21. The summed E-state index contributed by atoms with van der Waals surface area (Å²) < 4.78 is 0. The largest absolute Gasteiger partial charge is 0.480 e. The topological polar surface area (TPSA) is 179 Å².